The Hall–Kier alpha value is -1.68. The van der Waals surface area contributed by atoms with Crippen molar-refractivity contribution in [2.24, 2.45) is 10.9 Å². The van der Waals surface area contributed by atoms with Gasteiger partial charge in [-0.05, 0) is 24.5 Å². The number of rotatable bonds is 10. The molecule has 0 fully saturated rings. The van der Waals surface area contributed by atoms with E-state index in [0.717, 1.165) is 0 Å². The number of nitrogens with zero attached hydrogens (tertiary/aromatic N) is 1. The first-order valence-corrected chi connectivity index (χ1v) is 10.5. The van der Waals surface area contributed by atoms with Gasteiger partial charge in [0.1, 0.15) is 11.9 Å². The first-order chi connectivity index (χ1) is 12.8. The van der Waals surface area contributed by atoms with Gasteiger partial charge in [-0.1, -0.05) is 26.0 Å². The van der Waals surface area contributed by atoms with E-state index >= 15 is 0 Å². The molecule has 1 unspecified atom stereocenters. The van der Waals surface area contributed by atoms with Crippen molar-refractivity contribution in [3.8, 4) is 0 Å². The average Bonchev–Trinajstić information content (AvgIpc) is 2.88. The maximum absolute atomic E-state index is 12.6. The second-order valence-corrected chi connectivity index (χ2v) is 8.41. The van der Waals surface area contributed by atoms with Gasteiger partial charge in [-0.15, -0.1) is 12.4 Å². The van der Waals surface area contributed by atoms with Crippen molar-refractivity contribution in [1.82, 2.24) is 15.4 Å². The van der Waals surface area contributed by atoms with Crippen LogP contribution in [-0.2, 0) is 19.6 Å². The second kappa shape index (κ2) is 11.4. The zero-order valence-corrected chi connectivity index (χ0v) is 18.0. The van der Waals surface area contributed by atoms with Crippen LogP contribution in [-0.4, -0.2) is 59.6 Å². The molecule has 1 amide bonds. The summed E-state index contributed by atoms with van der Waals surface area (Å²) in [6.07, 6.45) is 0.524. The van der Waals surface area contributed by atoms with Gasteiger partial charge in [-0.3, -0.25) is 14.5 Å². The molecule has 1 heterocycles. The standard InChI is InChI=1S/C18H28N4O4S.ClH/c1-13(2)12-15(18(23)20-9-8-19-10-11-26-3)21-17-14-6-4-5-7-16(14)27(24,25)22-17;/h4-7,13,15,19H,8-12H2,1-3H3,(H,20,23)(H,21,22);1H. The summed E-state index contributed by atoms with van der Waals surface area (Å²) in [6.45, 7) is 6.40. The summed E-state index contributed by atoms with van der Waals surface area (Å²) in [5, 5.41) is 6.01. The van der Waals surface area contributed by atoms with Crippen LogP contribution < -0.4 is 15.4 Å². The van der Waals surface area contributed by atoms with Crippen molar-refractivity contribution in [2.45, 2.75) is 31.2 Å². The van der Waals surface area contributed by atoms with E-state index < -0.39 is 16.1 Å². The molecule has 3 N–H and O–H groups in total. The summed E-state index contributed by atoms with van der Waals surface area (Å²) in [5.74, 6) is 0.246. The summed E-state index contributed by atoms with van der Waals surface area (Å²) in [7, 11) is -1.99. The Morgan fingerprint density at radius 2 is 1.93 bits per heavy atom. The van der Waals surface area contributed by atoms with Crippen LogP contribution in [0.5, 0.6) is 0 Å². The molecule has 1 aromatic rings. The number of amides is 1. The molecule has 0 saturated heterocycles. The van der Waals surface area contributed by atoms with Crippen molar-refractivity contribution < 1.29 is 17.9 Å². The van der Waals surface area contributed by atoms with Crippen molar-refractivity contribution in [1.29, 1.82) is 0 Å². The number of carbonyl (C=O) groups is 1. The zero-order valence-electron chi connectivity index (χ0n) is 16.4. The molecule has 1 atom stereocenters. The number of hydrogen-bond acceptors (Lipinski definition) is 6. The van der Waals surface area contributed by atoms with Gasteiger partial charge < -0.3 is 15.4 Å². The number of methoxy groups -OCH3 is 1. The van der Waals surface area contributed by atoms with Crippen LogP contribution in [0.1, 0.15) is 25.8 Å². The Labute approximate surface area is 173 Å². The Bertz CT molecular complexity index is 784. The molecule has 2 rings (SSSR count). The van der Waals surface area contributed by atoms with Gasteiger partial charge in [0.15, 0.2) is 0 Å². The van der Waals surface area contributed by atoms with Crippen LogP contribution in [0.2, 0.25) is 0 Å². The minimum absolute atomic E-state index is 0. The Balaban J connectivity index is 0.00000392. The third-order valence-electron chi connectivity index (χ3n) is 4.03. The molecule has 0 radical (unpaired) electrons. The van der Waals surface area contributed by atoms with E-state index in [0.29, 0.717) is 38.2 Å². The van der Waals surface area contributed by atoms with E-state index in [4.69, 9.17) is 4.74 Å². The highest BCUT2D eigenvalue weighted by molar-refractivity contribution is 7.90. The number of sulfonamides is 1. The lowest BCUT2D eigenvalue weighted by atomic mass is 10.0. The lowest BCUT2D eigenvalue weighted by Crippen LogP contribution is -2.40. The van der Waals surface area contributed by atoms with Crippen molar-refractivity contribution in [2.75, 3.05) is 33.4 Å². The molecule has 0 aliphatic carbocycles. The Morgan fingerprint density at radius 3 is 2.61 bits per heavy atom. The van der Waals surface area contributed by atoms with E-state index in [1.54, 1.807) is 25.3 Å². The SMILES string of the molecule is COCCNCCNC(=O)C(CC(C)C)N=C1NS(=O)(=O)c2ccccc21.Cl. The number of aliphatic imine (C=N–C) groups is 1. The van der Waals surface area contributed by atoms with Gasteiger partial charge in [0, 0.05) is 32.3 Å². The van der Waals surface area contributed by atoms with E-state index in [-0.39, 0.29) is 35.0 Å². The maximum Gasteiger partial charge on any atom is 0.263 e. The number of benzene rings is 1. The normalized spacial score (nSPS) is 16.9. The van der Waals surface area contributed by atoms with Crippen LogP contribution in [0, 0.1) is 5.92 Å². The summed E-state index contributed by atoms with van der Waals surface area (Å²) in [5.41, 5.74) is 0.500. The van der Waals surface area contributed by atoms with Crippen LogP contribution in [0.25, 0.3) is 0 Å². The molecule has 10 heteroatoms. The van der Waals surface area contributed by atoms with E-state index in [2.05, 4.69) is 20.3 Å². The highest BCUT2D eigenvalue weighted by Gasteiger charge is 2.31. The van der Waals surface area contributed by atoms with Crippen LogP contribution in [0.3, 0.4) is 0 Å². The predicted octanol–water partition coefficient (Wildman–Crippen LogP) is 0.914. The van der Waals surface area contributed by atoms with Crippen molar-refractivity contribution in [3.05, 3.63) is 29.8 Å². The van der Waals surface area contributed by atoms with E-state index in [1.807, 2.05) is 13.8 Å². The molecular formula is C18H29ClN4O4S. The molecule has 0 spiro atoms. The monoisotopic (exact) mass is 432 g/mol. The van der Waals surface area contributed by atoms with Gasteiger partial charge in [-0.2, -0.15) is 0 Å². The zero-order chi connectivity index (χ0) is 19.9. The molecule has 1 aromatic carbocycles. The number of halogens is 1. The van der Waals surface area contributed by atoms with Gasteiger partial charge in [0.05, 0.1) is 11.5 Å². The summed E-state index contributed by atoms with van der Waals surface area (Å²) < 4.78 is 31.9. The van der Waals surface area contributed by atoms with Crippen LogP contribution >= 0.6 is 12.4 Å². The highest BCUT2D eigenvalue weighted by Crippen LogP contribution is 2.23. The largest absolute Gasteiger partial charge is 0.383 e. The molecule has 1 aliphatic rings. The molecule has 0 saturated carbocycles. The number of fused-ring (bicyclic) bond motifs is 1. The molecule has 1 aliphatic heterocycles. The van der Waals surface area contributed by atoms with Crippen LogP contribution in [0.4, 0.5) is 0 Å². The number of carbonyl (C=O) groups excluding carboxylic acids is 1. The fourth-order valence-electron chi connectivity index (χ4n) is 2.74. The minimum atomic E-state index is -3.62. The number of nitrogens with one attached hydrogen (secondary N) is 3. The Kier molecular flexibility index (Phi) is 9.88. The summed E-state index contributed by atoms with van der Waals surface area (Å²) >= 11 is 0. The maximum atomic E-state index is 12.6. The van der Waals surface area contributed by atoms with Gasteiger partial charge in [0.2, 0.25) is 5.91 Å². The first kappa shape index (κ1) is 24.4. The fraction of sp³-hybridized carbons (Fsp3) is 0.556. The summed E-state index contributed by atoms with van der Waals surface area (Å²) in [4.78, 5) is 17.2. The predicted molar refractivity (Wildman–Crippen MR) is 112 cm³/mol. The first-order valence-electron chi connectivity index (χ1n) is 9.02. The van der Waals surface area contributed by atoms with Gasteiger partial charge in [0.25, 0.3) is 10.0 Å². The highest BCUT2D eigenvalue weighted by atomic mass is 35.5. The lowest BCUT2D eigenvalue weighted by Gasteiger charge is -2.16. The van der Waals surface area contributed by atoms with Crippen molar-refractivity contribution >= 4 is 34.2 Å². The molecule has 158 valence electrons. The average molecular weight is 433 g/mol. The smallest absolute Gasteiger partial charge is 0.263 e. The number of amidine groups is 1. The summed E-state index contributed by atoms with van der Waals surface area (Å²) in [6, 6.07) is 5.97. The van der Waals surface area contributed by atoms with E-state index in [9.17, 15) is 13.2 Å². The Morgan fingerprint density at radius 1 is 1.21 bits per heavy atom. The van der Waals surface area contributed by atoms with E-state index in [1.165, 1.54) is 6.07 Å². The molecule has 0 bridgehead atoms. The molecule has 28 heavy (non-hydrogen) atoms. The topological polar surface area (TPSA) is 109 Å². The molecule has 8 nitrogen and oxygen atoms in total. The molecular weight excluding hydrogens is 404 g/mol. The third kappa shape index (κ3) is 6.73. The van der Waals surface area contributed by atoms with Gasteiger partial charge in [-0.25, -0.2) is 8.42 Å². The number of ether oxygens (including phenoxy) is 1. The third-order valence-corrected chi connectivity index (χ3v) is 5.43. The number of hydrogen-bond donors (Lipinski definition) is 3. The fourth-order valence-corrected chi connectivity index (χ4v) is 3.98. The van der Waals surface area contributed by atoms with Crippen LogP contribution in [0.15, 0.2) is 34.2 Å². The van der Waals surface area contributed by atoms with Crippen molar-refractivity contribution in [3.63, 3.8) is 0 Å². The quantitative estimate of drug-likeness (QED) is 0.476. The molecule has 0 aromatic heterocycles. The van der Waals surface area contributed by atoms with Gasteiger partial charge >= 0.3 is 0 Å². The lowest BCUT2D eigenvalue weighted by molar-refractivity contribution is -0.122. The minimum Gasteiger partial charge on any atom is -0.383 e. The second-order valence-electron chi connectivity index (χ2n) is 6.76.